The molecule has 0 atom stereocenters. The van der Waals surface area contributed by atoms with Crippen LogP contribution in [0.1, 0.15) is 17.0 Å². The van der Waals surface area contributed by atoms with Crippen molar-refractivity contribution >= 4 is 23.1 Å². The van der Waals surface area contributed by atoms with Gasteiger partial charge in [0.25, 0.3) is 5.56 Å². The summed E-state index contributed by atoms with van der Waals surface area (Å²) < 4.78 is 6.87. The van der Waals surface area contributed by atoms with Gasteiger partial charge in [-0.15, -0.1) is 0 Å². The SMILES string of the molecule is COc1ccc(-n2c(/C=C\c3ccccc3C)nc3ccccc3c2=O)cc1. The second-order valence-corrected chi connectivity index (χ2v) is 6.52. The molecule has 0 aliphatic rings. The summed E-state index contributed by atoms with van der Waals surface area (Å²) in [5.41, 5.74) is 3.58. The molecule has 0 aliphatic heterocycles. The van der Waals surface area contributed by atoms with Crippen molar-refractivity contribution < 1.29 is 4.74 Å². The molecule has 4 nitrogen and oxygen atoms in total. The third-order valence-corrected chi connectivity index (χ3v) is 4.73. The van der Waals surface area contributed by atoms with Crippen molar-refractivity contribution in [1.82, 2.24) is 9.55 Å². The van der Waals surface area contributed by atoms with Gasteiger partial charge in [0.1, 0.15) is 11.6 Å². The first-order chi connectivity index (χ1) is 13.7. The lowest BCUT2D eigenvalue weighted by Crippen LogP contribution is -2.22. The Balaban J connectivity index is 1.93. The van der Waals surface area contributed by atoms with Gasteiger partial charge in [0.05, 0.1) is 23.7 Å². The highest BCUT2D eigenvalue weighted by atomic mass is 16.5. The zero-order valence-electron chi connectivity index (χ0n) is 15.8. The van der Waals surface area contributed by atoms with Crippen LogP contribution < -0.4 is 10.3 Å². The molecule has 4 aromatic rings. The number of para-hydroxylation sites is 1. The molecule has 0 radical (unpaired) electrons. The zero-order valence-corrected chi connectivity index (χ0v) is 15.8. The fraction of sp³-hybridized carbons (Fsp3) is 0.0833. The van der Waals surface area contributed by atoms with E-state index < -0.39 is 0 Å². The minimum atomic E-state index is -0.0970. The van der Waals surface area contributed by atoms with E-state index in [9.17, 15) is 4.79 Å². The highest BCUT2D eigenvalue weighted by Gasteiger charge is 2.11. The van der Waals surface area contributed by atoms with Gasteiger partial charge in [0.2, 0.25) is 0 Å². The fourth-order valence-electron chi connectivity index (χ4n) is 3.18. The van der Waals surface area contributed by atoms with Crippen molar-refractivity contribution in [3.63, 3.8) is 0 Å². The van der Waals surface area contributed by atoms with Crippen LogP contribution in [0.2, 0.25) is 0 Å². The normalized spacial score (nSPS) is 11.2. The predicted molar refractivity (Wildman–Crippen MR) is 114 cm³/mol. The molecule has 0 fully saturated rings. The fourth-order valence-corrected chi connectivity index (χ4v) is 3.18. The Kier molecular flexibility index (Phi) is 4.77. The lowest BCUT2D eigenvalue weighted by atomic mass is 10.1. The van der Waals surface area contributed by atoms with Gasteiger partial charge in [0.15, 0.2) is 0 Å². The van der Waals surface area contributed by atoms with Crippen LogP contribution in [0.3, 0.4) is 0 Å². The van der Waals surface area contributed by atoms with E-state index in [0.717, 1.165) is 22.6 Å². The van der Waals surface area contributed by atoms with Crippen molar-refractivity contribution in [2.24, 2.45) is 0 Å². The standard InChI is InChI=1S/C24H20N2O2/c1-17-7-3-4-8-18(17)11-16-23-25-22-10-6-5-9-21(22)24(27)26(23)19-12-14-20(28-2)15-13-19/h3-16H,1-2H3/b16-11-. The number of nitrogens with zero attached hydrogens (tertiary/aromatic N) is 2. The Labute approximate surface area is 163 Å². The average molecular weight is 368 g/mol. The third kappa shape index (κ3) is 3.32. The lowest BCUT2D eigenvalue weighted by Gasteiger charge is -2.12. The molecule has 0 N–H and O–H groups in total. The van der Waals surface area contributed by atoms with Crippen molar-refractivity contribution in [3.05, 3.63) is 100 Å². The topological polar surface area (TPSA) is 44.1 Å². The second kappa shape index (κ2) is 7.53. The summed E-state index contributed by atoms with van der Waals surface area (Å²) in [6, 6.07) is 22.9. The molecule has 28 heavy (non-hydrogen) atoms. The van der Waals surface area contributed by atoms with Crippen LogP contribution >= 0.6 is 0 Å². The molecule has 0 saturated heterocycles. The van der Waals surface area contributed by atoms with Gasteiger partial charge in [0, 0.05) is 0 Å². The van der Waals surface area contributed by atoms with E-state index in [-0.39, 0.29) is 5.56 Å². The number of fused-ring (bicyclic) bond motifs is 1. The van der Waals surface area contributed by atoms with Crippen molar-refractivity contribution in [1.29, 1.82) is 0 Å². The number of rotatable bonds is 4. The van der Waals surface area contributed by atoms with Crippen LogP contribution in [0.25, 0.3) is 28.7 Å². The number of aryl methyl sites for hydroxylation is 1. The molecular formula is C24H20N2O2. The molecule has 0 amide bonds. The Morgan fingerprint density at radius 2 is 1.61 bits per heavy atom. The van der Waals surface area contributed by atoms with E-state index in [1.165, 1.54) is 0 Å². The Morgan fingerprint density at radius 3 is 2.36 bits per heavy atom. The van der Waals surface area contributed by atoms with Gasteiger partial charge in [-0.05, 0) is 60.5 Å². The monoisotopic (exact) mass is 368 g/mol. The summed E-state index contributed by atoms with van der Waals surface area (Å²) in [5, 5.41) is 0.589. The van der Waals surface area contributed by atoms with Gasteiger partial charge in [-0.2, -0.15) is 0 Å². The average Bonchev–Trinajstić information content (AvgIpc) is 2.73. The Hall–Kier alpha value is -3.66. The minimum Gasteiger partial charge on any atom is -0.497 e. The molecule has 3 aromatic carbocycles. The maximum atomic E-state index is 13.2. The highest BCUT2D eigenvalue weighted by Crippen LogP contribution is 2.19. The molecule has 0 saturated carbocycles. The van der Waals surface area contributed by atoms with Gasteiger partial charge in [-0.1, -0.05) is 42.5 Å². The molecule has 4 heteroatoms. The summed E-state index contributed by atoms with van der Waals surface area (Å²) in [6.45, 7) is 2.06. The molecule has 4 rings (SSSR count). The molecule has 0 bridgehead atoms. The number of hydrogen-bond acceptors (Lipinski definition) is 3. The smallest absolute Gasteiger partial charge is 0.266 e. The summed E-state index contributed by atoms with van der Waals surface area (Å²) in [6.07, 6.45) is 3.88. The van der Waals surface area contributed by atoms with Crippen molar-refractivity contribution in [3.8, 4) is 11.4 Å². The third-order valence-electron chi connectivity index (χ3n) is 4.73. The number of methoxy groups -OCH3 is 1. The molecule has 0 spiro atoms. The van der Waals surface area contributed by atoms with Crippen LogP contribution in [0, 0.1) is 6.92 Å². The van der Waals surface area contributed by atoms with E-state index in [1.54, 1.807) is 17.7 Å². The van der Waals surface area contributed by atoms with Crippen LogP contribution in [0.4, 0.5) is 0 Å². The first-order valence-corrected chi connectivity index (χ1v) is 9.07. The van der Waals surface area contributed by atoms with E-state index >= 15 is 0 Å². The van der Waals surface area contributed by atoms with E-state index in [1.807, 2.05) is 72.8 Å². The van der Waals surface area contributed by atoms with E-state index in [2.05, 4.69) is 13.0 Å². The molecule has 0 aliphatic carbocycles. The largest absolute Gasteiger partial charge is 0.497 e. The second-order valence-electron chi connectivity index (χ2n) is 6.52. The maximum absolute atomic E-state index is 13.2. The molecule has 138 valence electrons. The number of ether oxygens (including phenoxy) is 1. The maximum Gasteiger partial charge on any atom is 0.266 e. The molecule has 0 unspecified atom stereocenters. The summed E-state index contributed by atoms with van der Waals surface area (Å²) >= 11 is 0. The van der Waals surface area contributed by atoms with Crippen molar-refractivity contribution in [2.45, 2.75) is 6.92 Å². The van der Waals surface area contributed by atoms with Crippen molar-refractivity contribution in [2.75, 3.05) is 7.11 Å². The summed E-state index contributed by atoms with van der Waals surface area (Å²) in [4.78, 5) is 18.0. The first-order valence-electron chi connectivity index (χ1n) is 9.07. The Bertz CT molecular complexity index is 1220. The van der Waals surface area contributed by atoms with Gasteiger partial charge < -0.3 is 4.74 Å². The van der Waals surface area contributed by atoms with Crippen LogP contribution in [-0.4, -0.2) is 16.7 Å². The zero-order chi connectivity index (χ0) is 19.5. The van der Waals surface area contributed by atoms with Crippen LogP contribution in [-0.2, 0) is 0 Å². The highest BCUT2D eigenvalue weighted by molar-refractivity contribution is 5.80. The number of hydrogen-bond donors (Lipinski definition) is 0. The van der Waals surface area contributed by atoms with Gasteiger partial charge in [-0.25, -0.2) is 4.98 Å². The van der Waals surface area contributed by atoms with Gasteiger partial charge >= 0.3 is 0 Å². The number of benzene rings is 3. The lowest BCUT2D eigenvalue weighted by molar-refractivity contribution is 0.414. The molecule has 1 aromatic heterocycles. The minimum absolute atomic E-state index is 0.0970. The Morgan fingerprint density at radius 1 is 0.893 bits per heavy atom. The predicted octanol–water partition coefficient (Wildman–Crippen LogP) is 4.87. The molecular weight excluding hydrogens is 348 g/mol. The van der Waals surface area contributed by atoms with Crippen LogP contribution in [0.5, 0.6) is 5.75 Å². The summed E-state index contributed by atoms with van der Waals surface area (Å²) in [5.74, 6) is 1.32. The number of aromatic nitrogens is 2. The first kappa shape index (κ1) is 17.7. The van der Waals surface area contributed by atoms with Crippen LogP contribution in [0.15, 0.2) is 77.6 Å². The summed E-state index contributed by atoms with van der Waals surface area (Å²) in [7, 11) is 1.62. The van der Waals surface area contributed by atoms with E-state index in [4.69, 9.17) is 9.72 Å². The molecule has 1 heterocycles. The quantitative estimate of drug-likeness (QED) is 0.516. The van der Waals surface area contributed by atoms with E-state index in [0.29, 0.717) is 16.7 Å². The van der Waals surface area contributed by atoms with Gasteiger partial charge in [-0.3, -0.25) is 9.36 Å².